The van der Waals surface area contributed by atoms with Crippen molar-refractivity contribution >= 4 is 54.6 Å². The molecule has 0 aromatic heterocycles. The van der Waals surface area contributed by atoms with E-state index in [1.807, 2.05) is 0 Å². The Morgan fingerprint density at radius 1 is 0.886 bits per heavy atom. The summed E-state index contributed by atoms with van der Waals surface area (Å²) in [7, 11) is -8.23. The van der Waals surface area contributed by atoms with Gasteiger partial charge in [0.1, 0.15) is 5.75 Å². The summed E-state index contributed by atoms with van der Waals surface area (Å²) in [6.07, 6.45) is -6.03. The molecule has 2 N–H and O–H groups in total. The Hall–Kier alpha value is -4.27. The number of carbonyl (C=O) groups excluding carboxylic acids is 1. The van der Waals surface area contributed by atoms with E-state index in [0.717, 1.165) is 28.6 Å². The van der Waals surface area contributed by atoms with Gasteiger partial charge in [0.15, 0.2) is 6.10 Å². The molecule has 4 aromatic rings. The molecule has 1 aliphatic rings. The highest BCUT2D eigenvalue weighted by molar-refractivity contribution is 7.92. The number of hydrogen-bond acceptors (Lipinski definition) is 6. The Labute approximate surface area is 256 Å². The minimum atomic E-state index is -4.79. The molecule has 0 radical (unpaired) electrons. The Kier molecular flexibility index (Phi) is 8.51. The number of halogens is 4. The van der Waals surface area contributed by atoms with Gasteiger partial charge in [-0.3, -0.25) is 13.8 Å². The second-order valence-electron chi connectivity index (χ2n) is 9.66. The van der Waals surface area contributed by atoms with Gasteiger partial charge >= 0.3 is 6.18 Å². The van der Waals surface area contributed by atoms with Gasteiger partial charge in [-0.2, -0.15) is 13.2 Å². The third-order valence-corrected chi connectivity index (χ3v) is 9.95. The fourth-order valence-electron chi connectivity index (χ4n) is 4.43. The van der Waals surface area contributed by atoms with Crippen LogP contribution in [0.1, 0.15) is 11.1 Å². The number of nitrogens with one attached hydrogen (secondary N) is 2. The number of carbonyl (C=O) groups is 1. The molecule has 9 nitrogen and oxygen atoms in total. The van der Waals surface area contributed by atoms with Crippen molar-refractivity contribution in [1.82, 2.24) is 0 Å². The smallest absolute Gasteiger partial charge is 0.417 e. The van der Waals surface area contributed by atoms with Crippen LogP contribution in [-0.4, -0.2) is 35.4 Å². The molecule has 0 aliphatic carbocycles. The molecule has 0 spiro atoms. The van der Waals surface area contributed by atoms with Crippen molar-refractivity contribution in [1.29, 1.82) is 0 Å². The summed E-state index contributed by atoms with van der Waals surface area (Å²) in [6.45, 7) is -0.310. The van der Waals surface area contributed by atoms with Gasteiger partial charge in [0.05, 0.1) is 33.5 Å². The van der Waals surface area contributed by atoms with Crippen molar-refractivity contribution in [3.8, 4) is 5.75 Å². The second kappa shape index (κ2) is 12.0. The SMILES string of the molecule is O=C(Nc1ccc(S(=O)(=O)Nc2ccc(Cl)c(C(F)(F)F)c2)cc1)C1CN(S(=O)(=O)Cc2ccccc2)c2ccccc2O1. The van der Waals surface area contributed by atoms with Gasteiger partial charge < -0.3 is 10.1 Å². The van der Waals surface area contributed by atoms with E-state index >= 15 is 0 Å². The molecule has 0 bridgehead atoms. The zero-order valence-corrected chi connectivity index (χ0v) is 24.8. The summed E-state index contributed by atoms with van der Waals surface area (Å²) in [6, 6.07) is 22.4. The molecule has 1 heterocycles. The van der Waals surface area contributed by atoms with Crippen LogP contribution in [0.15, 0.2) is 102 Å². The maximum Gasteiger partial charge on any atom is 0.417 e. The van der Waals surface area contributed by atoms with E-state index in [2.05, 4.69) is 10.0 Å². The Morgan fingerprint density at radius 2 is 1.52 bits per heavy atom. The summed E-state index contributed by atoms with van der Waals surface area (Å²) in [5, 5.41) is 2.00. The first-order valence-electron chi connectivity index (χ1n) is 12.8. The van der Waals surface area contributed by atoms with Crippen molar-refractivity contribution < 1.29 is 39.5 Å². The normalized spacial score (nSPS) is 15.2. The number of para-hydroxylation sites is 2. The van der Waals surface area contributed by atoms with E-state index in [9.17, 15) is 34.8 Å². The molecule has 4 aromatic carbocycles. The van der Waals surface area contributed by atoms with Crippen LogP contribution in [0, 0.1) is 0 Å². The number of ether oxygens (including phenoxy) is 1. The number of hydrogen-bond donors (Lipinski definition) is 2. The van der Waals surface area contributed by atoms with Gasteiger partial charge in [0.25, 0.3) is 15.9 Å². The van der Waals surface area contributed by atoms with Gasteiger partial charge in [-0.15, -0.1) is 0 Å². The van der Waals surface area contributed by atoms with E-state index in [1.165, 1.54) is 12.1 Å². The fourth-order valence-corrected chi connectivity index (χ4v) is 7.28. The molecule has 15 heteroatoms. The van der Waals surface area contributed by atoms with Crippen LogP contribution in [-0.2, 0) is 36.8 Å². The van der Waals surface area contributed by atoms with Crippen LogP contribution in [0.25, 0.3) is 0 Å². The van der Waals surface area contributed by atoms with Crippen molar-refractivity contribution in [2.75, 3.05) is 20.9 Å². The standard InChI is InChI=1S/C29H23ClF3N3O6S2/c30-24-15-12-21(16-23(24)29(31,32)33)35-44(40,41)22-13-10-20(11-14-22)34-28(37)27-17-36(25-8-4-5-9-26(25)42-27)43(38,39)18-19-6-2-1-3-7-19/h1-16,27,35H,17-18H2,(H,34,37). The molecule has 0 fully saturated rings. The van der Waals surface area contributed by atoms with Gasteiger partial charge in [0.2, 0.25) is 10.0 Å². The number of sulfonamides is 2. The average Bonchev–Trinajstić information content (AvgIpc) is 2.97. The highest BCUT2D eigenvalue weighted by atomic mass is 35.5. The fraction of sp³-hybridized carbons (Fsp3) is 0.138. The summed E-state index contributed by atoms with van der Waals surface area (Å²) < 4.78 is 101. The molecular weight excluding hydrogens is 643 g/mol. The number of benzene rings is 4. The van der Waals surface area contributed by atoms with E-state index in [-0.39, 0.29) is 40.0 Å². The largest absolute Gasteiger partial charge is 0.476 e. The number of fused-ring (bicyclic) bond motifs is 1. The number of nitrogens with zero attached hydrogens (tertiary/aromatic N) is 1. The Balaban J connectivity index is 1.30. The van der Waals surface area contributed by atoms with E-state index in [1.54, 1.807) is 54.6 Å². The lowest BCUT2D eigenvalue weighted by molar-refractivity contribution is -0.137. The predicted octanol–water partition coefficient (Wildman–Crippen LogP) is 5.90. The minimum absolute atomic E-state index is 0.168. The number of anilines is 3. The summed E-state index contributed by atoms with van der Waals surface area (Å²) in [4.78, 5) is 12.9. The van der Waals surface area contributed by atoms with Gasteiger partial charge in [-0.25, -0.2) is 16.8 Å². The van der Waals surface area contributed by atoms with Crippen LogP contribution in [0.2, 0.25) is 5.02 Å². The molecule has 1 aliphatic heterocycles. The maximum absolute atomic E-state index is 13.4. The average molecular weight is 666 g/mol. The van der Waals surface area contributed by atoms with Crippen molar-refractivity contribution in [3.05, 3.63) is 113 Å². The molecule has 0 saturated carbocycles. The maximum atomic E-state index is 13.4. The molecule has 0 saturated heterocycles. The topological polar surface area (TPSA) is 122 Å². The monoisotopic (exact) mass is 665 g/mol. The molecule has 230 valence electrons. The first-order valence-corrected chi connectivity index (χ1v) is 16.3. The highest BCUT2D eigenvalue weighted by Crippen LogP contribution is 2.37. The van der Waals surface area contributed by atoms with E-state index in [4.69, 9.17) is 16.3 Å². The molecule has 44 heavy (non-hydrogen) atoms. The van der Waals surface area contributed by atoms with Crippen molar-refractivity contribution in [2.24, 2.45) is 0 Å². The third-order valence-electron chi connectivity index (χ3n) is 6.51. The number of amides is 1. The van der Waals surface area contributed by atoms with E-state index in [0.29, 0.717) is 11.6 Å². The number of rotatable bonds is 8. The Morgan fingerprint density at radius 3 is 2.20 bits per heavy atom. The van der Waals surface area contributed by atoms with Crippen LogP contribution >= 0.6 is 11.6 Å². The second-order valence-corrected chi connectivity index (χ2v) is 13.6. The molecular formula is C29H23ClF3N3O6S2. The molecule has 1 amide bonds. The first-order chi connectivity index (χ1) is 20.7. The lowest BCUT2D eigenvalue weighted by Crippen LogP contribution is -2.49. The quantitative estimate of drug-likeness (QED) is 0.242. The first kappa shape index (κ1) is 31.2. The summed E-state index contributed by atoms with van der Waals surface area (Å²) >= 11 is 5.60. The molecule has 1 unspecified atom stereocenters. The Bertz CT molecular complexity index is 1910. The van der Waals surface area contributed by atoms with Crippen molar-refractivity contribution in [2.45, 2.75) is 22.9 Å². The van der Waals surface area contributed by atoms with Gasteiger partial charge in [-0.1, -0.05) is 54.1 Å². The lowest BCUT2D eigenvalue weighted by atomic mass is 10.2. The summed E-state index contributed by atoms with van der Waals surface area (Å²) in [5.74, 6) is -0.790. The van der Waals surface area contributed by atoms with Gasteiger partial charge in [0, 0.05) is 11.4 Å². The van der Waals surface area contributed by atoms with Crippen molar-refractivity contribution in [3.63, 3.8) is 0 Å². The lowest BCUT2D eigenvalue weighted by Gasteiger charge is -2.34. The zero-order valence-electron chi connectivity index (χ0n) is 22.5. The zero-order chi connectivity index (χ0) is 31.7. The van der Waals surface area contributed by atoms with Crippen LogP contribution in [0.3, 0.4) is 0 Å². The third kappa shape index (κ3) is 6.93. The van der Waals surface area contributed by atoms with Gasteiger partial charge in [-0.05, 0) is 60.2 Å². The van der Waals surface area contributed by atoms with Crippen LogP contribution in [0.4, 0.5) is 30.2 Å². The minimum Gasteiger partial charge on any atom is -0.476 e. The molecule has 1 atom stereocenters. The van der Waals surface area contributed by atoms with Crippen LogP contribution < -0.4 is 19.1 Å². The van der Waals surface area contributed by atoms with E-state index < -0.39 is 48.8 Å². The summed E-state index contributed by atoms with van der Waals surface area (Å²) in [5.41, 5.74) is -0.519. The number of alkyl halides is 3. The predicted molar refractivity (Wildman–Crippen MR) is 160 cm³/mol. The highest BCUT2D eigenvalue weighted by Gasteiger charge is 2.37. The molecule has 5 rings (SSSR count). The van der Waals surface area contributed by atoms with Crippen LogP contribution in [0.5, 0.6) is 5.75 Å².